The summed E-state index contributed by atoms with van der Waals surface area (Å²) in [6.07, 6.45) is 2.55. The Bertz CT molecular complexity index is 393. The summed E-state index contributed by atoms with van der Waals surface area (Å²) in [5, 5.41) is 11.0. The third-order valence-corrected chi connectivity index (χ3v) is 1.65. The van der Waals surface area contributed by atoms with Gasteiger partial charge in [0.05, 0.1) is 0 Å². The molecule has 1 rings (SSSR count). The summed E-state index contributed by atoms with van der Waals surface area (Å²) >= 11 is 0. The van der Waals surface area contributed by atoms with Crippen molar-refractivity contribution in [2.45, 2.75) is 6.92 Å². The molecule has 0 spiro atoms. The normalized spacial score (nSPS) is 10.2. The fraction of sp³-hybridized carbons (Fsp3) is 0.0909. The van der Waals surface area contributed by atoms with Gasteiger partial charge in [-0.05, 0) is 23.8 Å². The summed E-state index contributed by atoms with van der Waals surface area (Å²) in [5.74, 6) is -1.12. The Morgan fingerprint density at radius 2 is 1.87 bits per heavy atom. The van der Waals surface area contributed by atoms with Crippen molar-refractivity contribution < 1.29 is 14.7 Å². The van der Waals surface area contributed by atoms with E-state index in [0.29, 0.717) is 5.69 Å². The van der Waals surface area contributed by atoms with Crippen molar-refractivity contribution in [3.63, 3.8) is 0 Å². The van der Waals surface area contributed by atoms with Crippen LogP contribution in [0.1, 0.15) is 12.5 Å². The van der Waals surface area contributed by atoms with Crippen LogP contribution in [0.4, 0.5) is 5.69 Å². The summed E-state index contributed by atoms with van der Waals surface area (Å²) in [7, 11) is 0. The Labute approximate surface area is 87.2 Å². The Morgan fingerprint density at radius 1 is 1.27 bits per heavy atom. The molecule has 1 aromatic carbocycles. The van der Waals surface area contributed by atoms with Crippen LogP contribution in [0.15, 0.2) is 30.3 Å². The van der Waals surface area contributed by atoms with Crippen molar-refractivity contribution >= 4 is 23.6 Å². The van der Waals surface area contributed by atoms with E-state index < -0.39 is 5.97 Å². The number of benzene rings is 1. The molecule has 0 aromatic heterocycles. The molecule has 0 atom stereocenters. The van der Waals surface area contributed by atoms with Crippen molar-refractivity contribution in [1.82, 2.24) is 0 Å². The molecule has 1 amide bonds. The highest BCUT2D eigenvalue weighted by Crippen LogP contribution is 2.10. The first-order chi connectivity index (χ1) is 7.08. The van der Waals surface area contributed by atoms with Crippen molar-refractivity contribution in [2.75, 3.05) is 5.32 Å². The molecule has 0 saturated heterocycles. The molecular formula is C11H11NO3. The second-order valence-corrected chi connectivity index (χ2v) is 2.97. The maximum atomic E-state index is 10.7. The fourth-order valence-corrected chi connectivity index (χ4v) is 1.05. The quantitative estimate of drug-likeness (QED) is 0.738. The van der Waals surface area contributed by atoms with Crippen LogP contribution in [0.2, 0.25) is 0 Å². The largest absolute Gasteiger partial charge is 0.478 e. The number of rotatable bonds is 3. The van der Waals surface area contributed by atoms with Crippen LogP contribution in [0.5, 0.6) is 0 Å². The minimum atomic E-state index is -0.985. The highest BCUT2D eigenvalue weighted by molar-refractivity contribution is 5.89. The molecule has 2 N–H and O–H groups in total. The monoisotopic (exact) mass is 205 g/mol. The van der Waals surface area contributed by atoms with Gasteiger partial charge < -0.3 is 10.4 Å². The van der Waals surface area contributed by atoms with Crippen LogP contribution in [-0.4, -0.2) is 17.0 Å². The van der Waals surface area contributed by atoms with Gasteiger partial charge >= 0.3 is 5.97 Å². The van der Waals surface area contributed by atoms with Crippen molar-refractivity contribution in [2.24, 2.45) is 0 Å². The standard InChI is InChI=1S/C11H11NO3/c1-8(13)12-10-5-2-9(3-6-10)4-7-11(14)15/h2-7H,1H3,(H,12,13)(H,14,15)/b7-4+. The number of carbonyl (C=O) groups is 2. The van der Waals surface area contributed by atoms with Gasteiger partial charge in [0.1, 0.15) is 0 Å². The fourth-order valence-electron chi connectivity index (χ4n) is 1.05. The van der Waals surface area contributed by atoms with Gasteiger partial charge in [0, 0.05) is 18.7 Å². The molecule has 0 aliphatic heterocycles. The first-order valence-electron chi connectivity index (χ1n) is 4.36. The number of aliphatic carboxylic acids is 1. The molecule has 4 heteroatoms. The first kappa shape index (κ1) is 11.0. The van der Waals surface area contributed by atoms with E-state index in [1.165, 1.54) is 13.0 Å². The molecule has 0 bridgehead atoms. The zero-order valence-corrected chi connectivity index (χ0v) is 8.23. The lowest BCUT2D eigenvalue weighted by atomic mass is 10.2. The lowest BCUT2D eigenvalue weighted by molar-refractivity contribution is -0.131. The zero-order valence-electron chi connectivity index (χ0n) is 8.23. The van der Waals surface area contributed by atoms with Gasteiger partial charge in [-0.3, -0.25) is 4.79 Å². The van der Waals surface area contributed by atoms with Crippen LogP contribution in [0.25, 0.3) is 6.08 Å². The second-order valence-electron chi connectivity index (χ2n) is 2.97. The summed E-state index contributed by atoms with van der Waals surface area (Å²) in [4.78, 5) is 21.0. The lowest BCUT2D eigenvalue weighted by Crippen LogP contribution is -2.05. The molecule has 0 heterocycles. The van der Waals surface area contributed by atoms with Gasteiger partial charge in [0.15, 0.2) is 0 Å². The molecule has 78 valence electrons. The maximum absolute atomic E-state index is 10.7. The van der Waals surface area contributed by atoms with E-state index in [1.807, 2.05) is 0 Å². The summed E-state index contributed by atoms with van der Waals surface area (Å²) in [6.45, 7) is 1.43. The molecule has 0 unspecified atom stereocenters. The van der Waals surface area contributed by atoms with Gasteiger partial charge in [-0.2, -0.15) is 0 Å². The van der Waals surface area contributed by atoms with Crippen LogP contribution in [-0.2, 0) is 9.59 Å². The van der Waals surface area contributed by atoms with Gasteiger partial charge in [-0.1, -0.05) is 12.1 Å². The van der Waals surface area contributed by atoms with Crippen LogP contribution >= 0.6 is 0 Å². The lowest BCUT2D eigenvalue weighted by Gasteiger charge is -2.01. The van der Waals surface area contributed by atoms with E-state index in [-0.39, 0.29) is 5.91 Å². The van der Waals surface area contributed by atoms with E-state index >= 15 is 0 Å². The molecule has 0 radical (unpaired) electrons. The summed E-state index contributed by atoms with van der Waals surface area (Å²) < 4.78 is 0. The predicted octanol–water partition coefficient (Wildman–Crippen LogP) is 1.74. The summed E-state index contributed by atoms with van der Waals surface area (Å²) in [5.41, 5.74) is 1.46. The molecule has 0 saturated carbocycles. The zero-order chi connectivity index (χ0) is 11.3. The number of anilines is 1. The minimum Gasteiger partial charge on any atom is -0.478 e. The van der Waals surface area contributed by atoms with Crippen molar-refractivity contribution in [3.8, 4) is 0 Å². The number of hydrogen-bond donors (Lipinski definition) is 2. The number of hydrogen-bond acceptors (Lipinski definition) is 2. The smallest absolute Gasteiger partial charge is 0.328 e. The summed E-state index contributed by atoms with van der Waals surface area (Å²) in [6, 6.07) is 6.88. The van der Waals surface area contributed by atoms with Gasteiger partial charge in [-0.25, -0.2) is 4.79 Å². The SMILES string of the molecule is CC(=O)Nc1ccc(/C=C/C(=O)O)cc1. The molecule has 15 heavy (non-hydrogen) atoms. The van der Waals surface area contributed by atoms with Crippen LogP contribution in [0.3, 0.4) is 0 Å². The molecule has 0 fully saturated rings. The van der Waals surface area contributed by atoms with Crippen LogP contribution in [0, 0.1) is 0 Å². The Kier molecular flexibility index (Phi) is 3.62. The van der Waals surface area contributed by atoms with Crippen molar-refractivity contribution in [3.05, 3.63) is 35.9 Å². The third-order valence-electron chi connectivity index (χ3n) is 1.65. The third kappa shape index (κ3) is 4.08. The number of nitrogens with one attached hydrogen (secondary N) is 1. The Balaban J connectivity index is 2.72. The number of carboxylic acids is 1. The van der Waals surface area contributed by atoms with Gasteiger partial charge in [-0.15, -0.1) is 0 Å². The molecule has 0 aliphatic carbocycles. The first-order valence-corrected chi connectivity index (χ1v) is 4.36. The number of carbonyl (C=O) groups excluding carboxylic acids is 1. The molecule has 4 nitrogen and oxygen atoms in total. The minimum absolute atomic E-state index is 0.135. The van der Waals surface area contributed by atoms with E-state index in [1.54, 1.807) is 24.3 Å². The van der Waals surface area contributed by atoms with E-state index in [4.69, 9.17) is 5.11 Å². The Hall–Kier alpha value is -2.10. The molecular weight excluding hydrogens is 194 g/mol. The maximum Gasteiger partial charge on any atom is 0.328 e. The molecule has 0 aliphatic rings. The average Bonchev–Trinajstić information content (AvgIpc) is 2.16. The number of carboxylic acid groups (broad SMARTS) is 1. The van der Waals surface area contributed by atoms with E-state index in [9.17, 15) is 9.59 Å². The second kappa shape index (κ2) is 4.95. The Morgan fingerprint density at radius 3 is 2.33 bits per heavy atom. The predicted molar refractivity (Wildman–Crippen MR) is 57.4 cm³/mol. The number of amides is 1. The average molecular weight is 205 g/mol. The van der Waals surface area contributed by atoms with E-state index in [2.05, 4.69) is 5.32 Å². The van der Waals surface area contributed by atoms with Crippen molar-refractivity contribution in [1.29, 1.82) is 0 Å². The van der Waals surface area contributed by atoms with Gasteiger partial charge in [0.25, 0.3) is 0 Å². The molecule has 1 aromatic rings. The highest BCUT2D eigenvalue weighted by atomic mass is 16.4. The highest BCUT2D eigenvalue weighted by Gasteiger charge is 1.94. The van der Waals surface area contributed by atoms with E-state index in [0.717, 1.165) is 11.6 Å². The topological polar surface area (TPSA) is 66.4 Å². The van der Waals surface area contributed by atoms with Crippen LogP contribution < -0.4 is 5.32 Å². The van der Waals surface area contributed by atoms with Gasteiger partial charge in [0.2, 0.25) is 5.91 Å².